The molecule has 1 aliphatic heterocycles. The molecule has 3 aromatic carbocycles. The molecular weight excluding hydrogens is 458 g/mol. The molecule has 1 heterocycles. The van der Waals surface area contributed by atoms with Gasteiger partial charge in [-0.2, -0.15) is 0 Å². The van der Waals surface area contributed by atoms with E-state index in [4.69, 9.17) is 0 Å². The van der Waals surface area contributed by atoms with E-state index in [0.717, 1.165) is 47.5 Å². The molecule has 6 rings (SSSR count). The van der Waals surface area contributed by atoms with Crippen LogP contribution in [0, 0.1) is 5.41 Å². The summed E-state index contributed by atoms with van der Waals surface area (Å²) in [6.07, 6.45) is 2.98. The third-order valence-electron chi connectivity index (χ3n) is 7.85. The van der Waals surface area contributed by atoms with Crippen LogP contribution in [0.15, 0.2) is 90.1 Å². The lowest BCUT2D eigenvalue weighted by atomic mass is 9.73. The highest BCUT2D eigenvalue weighted by atomic mass is 16.2. The Morgan fingerprint density at radius 2 is 1.57 bits per heavy atom. The second-order valence-corrected chi connectivity index (χ2v) is 11.4. The summed E-state index contributed by atoms with van der Waals surface area (Å²) in [6, 6.07) is 26.4. The van der Waals surface area contributed by atoms with E-state index in [2.05, 4.69) is 65.8 Å². The first-order chi connectivity index (χ1) is 17.9. The molecule has 0 fully saturated rings. The number of Topliss-reactive ketones (excluding diaryl/α,β-unsaturated/α-hetero) is 1. The smallest absolute Gasteiger partial charge is 0.239 e. The van der Waals surface area contributed by atoms with Crippen LogP contribution in [0.4, 0.5) is 11.4 Å². The summed E-state index contributed by atoms with van der Waals surface area (Å²) in [6.45, 7) is 4.46. The average molecular weight is 492 g/mol. The molecule has 2 N–H and O–H groups in total. The van der Waals surface area contributed by atoms with Crippen LogP contribution in [0.5, 0.6) is 0 Å². The van der Waals surface area contributed by atoms with Crippen molar-refractivity contribution < 1.29 is 9.59 Å². The molecule has 5 nitrogen and oxygen atoms in total. The molecule has 1 atom stereocenters. The van der Waals surface area contributed by atoms with E-state index in [9.17, 15) is 9.59 Å². The lowest BCUT2D eigenvalue weighted by Crippen LogP contribution is -2.45. The highest BCUT2D eigenvalue weighted by Gasteiger charge is 2.42. The van der Waals surface area contributed by atoms with Crippen LogP contribution in [-0.4, -0.2) is 24.3 Å². The second kappa shape index (κ2) is 9.22. The Morgan fingerprint density at radius 1 is 0.919 bits per heavy atom. The number of carbonyl (C=O) groups excluding carboxylic acids is 2. The molecule has 0 radical (unpaired) electrons. The summed E-state index contributed by atoms with van der Waals surface area (Å²) >= 11 is 0. The van der Waals surface area contributed by atoms with Gasteiger partial charge in [0.25, 0.3) is 0 Å². The van der Waals surface area contributed by atoms with E-state index in [0.29, 0.717) is 6.42 Å². The Morgan fingerprint density at radius 3 is 2.30 bits per heavy atom. The van der Waals surface area contributed by atoms with Crippen LogP contribution in [0.1, 0.15) is 49.4 Å². The number of hydrogen-bond donors (Lipinski definition) is 2. The van der Waals surface area contributed by atoms with Gasteiger partial charge in [-0.05, 0) is 53.5 Å². The summed E-state index contributed by atoms with van der Waals surface area (Å²) in [5.41, 5.74) is 7.13. The Bertz CT molecular complexity index is 1370. The van der Waals surface area contributed by atoms with Gasteiger partial charge >= 0.3 is 0 Å². The summed E-state index contributed by atoms with van der Waals surface area (Å²) in [5.74, 6) is 0.123. The number of nitrogens with zero attached hydrogens (tertiary/aromatic N) is 1. The van der Waals surface area contributed by atoms with Crippen molar-refractivity contribution in [1.29, 1.82) is 0 Å². The van der Waals surface area contributed by atoms with Crippen LogP contribution < -0.4 is 15.5 Å². The zero-order valence-electron chi connectivity index (χ0n) is 21.5. The van der Waals surface area contributed by atoms with Gasteiger partial charge in [0.05, 0.1) is 24.0 Å². The van der Waals surface area contributed by atoms with Gasteiger partial charge in [-0.25, -0.2) is 0 Å². The molecular formula is C32H33N3O2. The largest absolute Gasteiger partial charge is 0.357 e. The number of fused-ring (bicyclic) bond motifs is 2. The SMILES string of the molecule is CC1(C)CC(=O)C2=C(C1)Nc1ccccc1N(CC(=O)NC1Cc3ccccc3C1)C2c1ccccc1. The fourth-order valence-electron chi connectivity index (χ4n) is 6.30. The number of anilines is 2. The van der Waals surface area contributed by atoms with E-state index in [1.165, 1.54) is 11.1 Å². The molecule has 0 spiro atoms. The van der Waals surface area contributed by atoms with Gasteiger partial charge in [-0.1, -0.05) is 80.6 Å². The number of amides is 1. The molecule has 0 bridgehead atoms. The average Bonchev–Trinajstić information content (AvgIpc) is 3.21. The number of rotatable bonds is 4. The van der Waals surface area contributed by atoms with Crippen molar-refractivity contribution in [2.45, 2.75) is 51.6 Å². The highest BCUT2D eigenvalue weighted by molar-refractivity contribution is 6.01. The Kier molecular flexibility index (Phi) is 5.86. The first-order valence-corrected chi connectivity index (χ1v) is 13.2. The lowest BCUT2D eigenvalue weighted by molar-refractivity contribution is -0.121. The standard InChI is InChI=1S/C32H33N3O2/c1-32(2)18-26-30(28(36)19-32)31(21-10-4-3-5-11-21)35(27-15-9-8-14-25(27)34-26)20-29(37)33-24-16-22-12-6-7-13-23(22)17-24/h3-15,24,31,34H,16-20H2,1-2H3,(H,33,37). The number of nitrogens with one attached hydrogen (secondary N) is 2. The van der Waals surface area contributed by atoms with E-state index in [1.807, 2.05) is 42.5 Å². The first-order valence-electron chi connectivity index (χ1n) is 13.2. The van der Waals surface area contributed by atoms with Crippen LogP contribution in [0.25, 0.3) is 0 Å². The maximum Gasteiger partial charge on any atom is 0.239 e. The number of benzene rings is 3. The summed E-state index contributed by atoms with van der Waals surface area (Å²) in [7, 11) is 0. The molecule has 188 valence electrons. The van der Waals surface area contributed by atoms with Gasteiger partial charge in [0.1, 0.15) is 0 Å². The molecule has 1 unspecified atom stereocenters. The van der Waals surface area contributed by atoms with E-state index in [-0.39, 0.29) is 35.7 Å². The monoisotopic (exact) mass is 491 g/mol. The number of hydrogen-bond acceptors (Lipinski definition) is 4. The number of ketones is 1. The summed E-state index contributed by atoms with van der Waals surface area (Å²) < 4.78 is 0. The van der Waals surface area contributed by atoms with Gasteiger partial charge < -0.3 is 15.5 Å². The molecule has 37 heavy (non-hydrogen) atoms. The molecule has 3 aromatic rings. The molecule has 0 saturated heterocycles. The molecule has 1 amide bonds. The van der Waals surface area contributed by atoms with Crippen molar-refractivity contribution >= 4 is 23.1 Å². The van der Waals surface area contributed by atoms with Crippen LogP contribution in [0.3, 0.4) is 0 Å². The minimum atomic E-state index is -0.345. The highest BCUT2D eigenvalue weighted by Crippen LogP contribution is 2.48. The maximum atomic E-state index is 13.7. The molecule has 0 saturated carbocycles. The second-order valence-electron chi connectivity index (χ2n) is 11.4. The maximum absolute atomic E-state index is 13.7. The Hall–Kier alpha value is -3.86. The topological polar surface area (TPSA) is 61.4 Å². The third-order valence-corrected chi connectivity index (χ3v) is 7.85. The van der Waals surface area contributed by atoms with Crippen molar-refractivity contribution in [2.75, 3.05) is 16.8 Å². The number of para-hydroxylation sites is 2. The number of allylic oxidation sites excluding steroid dienone is 1. The zero-order chi connectivity index (χ0) is 25.6. The molecule has 0 aromatic heterocycles. The van der Waals surface area contributed by atoms with Crippen LogP contribution in [-0.2, 0) is 22.4 Å². The van der Waals surface area contributed by atoms with Gasteiger partial charge in [-0.3, -0.25) is 9.59 Å². The molecule has 5 heteroatoms. The fourth-order valence-corrected chi connectivity index (χ4v) is 6.30. The quantitative estimate of drug-likeness (QED) is 0.500. The van der Waals surface area contributed by atoms with Crippen molar-refractivity contribution in [3.05, 3.63) is 107 Å². The van der Waals surface area contributed by atoms with Crippen molar-refractivity contribution in [1.82, 2.24) is 5.32 Å². The van der Waals surface area contributed by atoms with E-state index < -0.39 is 0 Å². The molecule has 3 aliphatic rings. The van der Waals surface area contributed by atoms with Gasteiger partial charge in [0, 0.05) is 23.7 Å². The number of carbonyl (C=O) groups is 2. The van der Waals surface area contributed by atoms with E-state index >= 15 is 0 Å². The lowest BCUT2D eigenvalue weighted by Gasteiger charge is -2.38. The van der Waals surface area contributed by atoms with Gasteiger partial charge in [0.15, 0.2) is 5.78 Å². The van der Waals surface area contributed by atoms with Gasteiger partial charge in [-0.15, -0.1) is 0 Å². The normalized spacial score (nSPS) is 20.4. The Balaban J connectivity index is 1.38. The zero-order valence-corrected chi connectivity index (χ0v) is 21.5. The predicted octanol–water partition coefficient (Wildman–Crippen LogP) is 5.59. The minimum absolute atomic E-state index is 0.0267. The third kappa shape index (κ3) is 4.55. The van der Waals surface area contributed by atoms with Gasteiger partial charge in [0.2, 0.25) is 5.91 Å². The van der Waals surface area contributed by atoms with Crippen LogP contribution >= 0.6 is 0 Å². The summed E-state index contributed by atoms with van der Waals surface area (Å²) in [5, 5.41) is 6.91. The van der Waals surface area contributed by atoms with Crippen molar-refractivity contribution in [3.8, 4) is 0 Å². The fraction of sp³-hybridized carbons (Fsp3) is 0.312. The van der Waals surface area contributed by atoms with Crippen molar-refractivity contribution in [3.63, 3.8) is 0 Å². The summed E-state index contributed by atoms with van der Waals surface area (Å²) in [4.78, 5) is 29.4. The van der Waals surface area contributed by atoms with Crippen LogP contribution in [0.2, 0.25) is 0 Å². The Labute approximate surface area is 218 Å². The minimum Gasteiger partial charge on any atom is -0.357 e. The predicted molar refractivity (Wildman–Crippen MR) is 147 cm³/mol. The molecule has 2 aliphatic carbocycles. The first kappa shape index (κ1) is 23.5. The van der Waals surface area contributed by atoms with Crippen molar-refractivity contribution in [2.24, 2.45) is 5.41 Å². The van der Waals surface area contributed by atoms with E-state index in [1.54, 1.807) is 0 Å².